The number of aromatic nitrogens is 4. The van der Waals surface area contributed by atoms with E-state index in [0.29, 0.717) is 5.82 Å². The number of rotatable bonds is 6. The molecule has 0 fully saturated rings. The van der Waals surface area contributed by atoms with Crippen LogP contribution in [0.25, 0.3) is 122 Å². The maximum atomic E-state index is 5.35. The SMILES string of the molecule is CC.c1ccc(-c2nc(-c3ccc(-c4cccc5c4c4ccc6ccccc6c4n5-c4ccccc4)cc3)nc3ccc(-c4ccc5c6ccccc6n(-c6ccccc6)c5c4)cc23)cc1. The lowest BCUT2D eigenvalue weighted by Gasteiger charge is -2.13. The van der Waals surface area contributed by atoms with Crippen molar-refractivity contribution in [3.8, 4) is 56.3 Å². The number of hydrogen-bond acceptors (Lipinski definition) is 2. The van der Waals surface area contributed by atoms with Crippen molar-refractivity contribution < 1.29 is 0 Å². The molecular formula is C62H44N4. The Morgan fingerprint density at radius 3 is 1.68 bits per heavy atom. The first kappa shape index (κ1) is 39.0. The molecule has 0 saturated heterocycles. The van der Waals surface area contributed by atoms with Crippen molar-refractivity contribution in [2.45, 2.75) is 13.8 Å². The highest BCUT2D eigenvalue weighted by Crippen LogP contribution is 2.42. The van der Waals surface area contributed by atoms with Crippen LogP contribution in [0.2, 0.25) is 0 Å². The molecule has 0 aliphatic heterocycles. The van der Waals surface area contributed by atoms with E-state index in [1.54, 1.807) is 0 Å². The highest BCUT2D eigenvalue weighted by molar-refractivity contribution is 6.22. The first-order valence-corrected chi connectivity index (χ1v) is 22.8. The minimum Gasteiger partial charge on any atom is -0.309 e. The van der Waals surface area contributed by atoms with Crippen LogP contribution in [0.1, 0.15) is 13.8 Å². The van der Waals surface area contributed by atoms with Crippen LogP contribution in [-0.4, -0.2) is 19.1 Å². The minimum atomic E-state index is 0.699. The summed E-state index contributed by atoms with van der Waals surface area (Å²) in [5.41, 5.74) is 15.5. The van der Waals surface area contributed by atoms with E-state index in [2.05, 4.69) is 240 Å². The molecule has 66 heavy (non-hydrogen) atoms. The summed E-state index contributed by atoms with van der Waals surface area (Å²) in [5.74, 6) is 0.699. The van der Waals surface area contributed by atoms with E-state index in [1.165, 1.54) is 59.9 Å². The average molecular weight is 845 g/mol. The normalized spacial score (nSPS) is 11.5. The molecule has 0 saturated carbocycles. The summed E-state index contributed by atoms with van der Waals surface area (Å²) in [6.07, 6.45) is 0. The monoisotopic (exact) mass is 844 g/mol. The molecule has 3 heterocycles. The summed E-state index contributed by atoms with van der Waals surface area (Å²) in [4.78, 5) is 10.6. The molecule has 312 valence electrons. The van der Waals surface area contributed by atoms with Crippen molar-refractivity contribution in [2.24, 2.45) is 0 Å². The third-order valence-electron chi connectivity index (χ3n) is 12.9. The quantitative estimate of drug-likeness (QED) is 0.167. The molecule has 4 heteroatoms. The zero-order chi connectivity index (χ0) is 44.1. The lowest BCUT2D eigenvalue weighted by atomic mass is 9.97. The fourth-order valence-electron chi connectivity index (χ4n) is 9.97. The predicted molar refractivity (Wildman–Crippen MR) is 279 cm³/mol. The van der Waals surface area contributed by atoms with E-state index in [-0.39, 0.29) is 0 Å². The molecule has 0 bridgehead atoms. The number of hydrogen-bond donors (Lipinski definition) is 0. The van der Waals surface area contributed by atoms with E-state index in [4.69, 9.17) is 9.97 Å². The van der Waals surface area contributed by atoms with Gasteiger partial charge in [0.1, 0.15) is 0 Å². The molecule has 0 aliphatic carbocycles. The van der Waals surface area contributed by atoms with Crippen LogP contribution in [0, 0.1) is 0 Å². The molecule has 0 radical (unpaired) electrons. The summed E-state index contributed by atoms with van der Waals surface area (Å²) in [6.45, 7) is 4.00. The predicted octanol–water partition coefficient (Wildman–Crippen LogP) is 16.7. The summed E-state index contributed by atoms with van der Waals surface area (Å²) in [7, 11) is 0. The third kappa shape index (κ3) is 6.37. The van der Waals surface area contributed by atoms with Crippen molar-refractivity contribution in [1.29, 1.82) is 0 Å². The summed E-state index contributed by atoms with van der Waals surface area (Å²) >= 11 is 0. The highest BCUT2D eigenvalue weighted by Gasteiger charge is 2.20. The molecule has 13 aromatic rings. The van der Waals surface area contributed by atoms with Crippen molar-refractivity contribution in [1.82, 2.24) is 19.1 Å². The maximum absolute atomic E-state index is 5.35. The second-order valence-corrected chi connectivity index (χ2v) is 16.5. The molecule has 0 amide bonds. The van der Waals surface area contributed by atoms with Crippen LogP contribution in [0.15, 0.2) is 231 Å². The van der Waals surface area contributed by atoms with Gasteiger partial charge >= 0.3 is 0 Å². The molecule has 10 aromatic carbocycles. The molecule has 0 spiro atoms. The van der Waals surface area contributed by atoms with Crippen LogP contribution in [0.5, 0.6) is 0 Å². The van der Waals surface area contributed by atoms with E-state index in [9.17, 15) is 0 Å². The van der Waals surface area contributed by atoms with Gasteiger partial charge in [-0.1, -0.05) is 190 Å². The fourth-order valence-corrected chi connectivity index (χ4v) is 9.97. The number of fused-ring (bicyclic) bond motifs is 9. The van der Waals surface area contributed by atoms with Gasteiger partial charge < -0.3 is 9.13 Å². The molecule has 0 atom stereocenters. The van der Waals surface area contributed by atoms with Gasteiger partial charge in [0.15, 0.2) is 5.82 Å². The summed E-state index contributed by atoms with van der Waals surface area (Å²) in [5, 5.41) is 8.44. The molecule has 0 unspecified atom stereocenters. The first-order valence-electron chi connectivity index (χ1n) is 22.8. The third-order valence-corrected chi connectivity index (χ3v) is 12.9. The molecular weight excluding hydrogens is 801 g/mol. The number of nitrogens with zero attached hydrogens (tertiary/aromatic N) is 4. The smallest absolute Gasteiger partial charge is 0.160 e. The zero-order valence-corrected chi connectivity index (χ0v) is 36.7. The van der Waals surface area contributed by atoms with E-state index < -0.39 is 0 Å². The lowest BCUT2D eigenvalue weighted by molar-refractivity contribution is 1.18. The van der Waals surface area contributed by atoms with Crippen molar-refractivity contribution in [2.75, 3.05) is 0 Å². The van der Waals surface area contributed by atoms with E-state index >= 15 is 0 Å². The average Bonchev–Trinajstić information content (AvgIpc) is 3.93. The topological polar surface area (TPSA) is 35.6 Å². The van der Waals surface area contributed by atoms with Crippen LogP contribution < -0.4 is 0 Å². The van der Waals surface area contributed by atoms with Gasteiger partial charge in [-0.15, -0.1) is 0 Å². The Morgan fingerprint density at radius 2 is 0.909 bits per heavy atom. The Balaban J connectivity index is 0.00000225. The number of benzene rings is 10. The minimum absolute atomic E-state index is 0.699. The molecule has 4 nitrogen and oxygen atoms in total. The largest absolute Gasteiger partial charge is 0.309 e. The highest BCUT2D eigenvalue weighted by atomic mass is 15.0. The molecule has 0 aliphatic rings. The van der Waals surface area contributed by atoms with Crippen LogP contribution in [0.4, 0.5) is 0 Å². The van der Waals surface area contributed by atoms with Crippen LogP contribution in [0.3, 0.4) is 0 Å². The van der Waals surface area contributed by atoms with Crippen molar-refractivity contribution in [3.63, 3.8) is 0 Å². The van der Waals surface area contributed by atoms with Gasteiger partial charge in [0, 0.05) is 54.8 Å². The second-order valence-electron chi connectivity index (χ2n) is 16.5. The van der Waals surface area contributed by atoms with Crippen molar-refractivity contribution in [3.05, 3.63) is 231 Å². The Kier molecular flexibility index (Phi) is 9.57. The maximum Gasteiger partial charge on any atom is 0.160 e. The second kappa shape index (κ2) is 16.2. The van der Waals surface area contributed by atoms with Gasteiger partial charge in [-0.05, 0) is 82.2 Å². The summed E-state index contributed by atoms with van der Waals surface area (Å²) in [6, 6.07) is 82.6. The van der Waals surface area contributed by atoms with Gasteiger partial charge in [0.25, 0.3) is 0 Å². The Hall–Kier alpha value is -8.60. The van der Waals surface area contributed by atoms with Gasteiger partial charge in [0.2, 0.25) is 0 Å². The molecule has 0 N–H and O–H groups in total. The Labute approximate surface area is 383 Å². The fraction of sp³-hybridized carbons (Fsp3) is 0.0323. The van der Waals surface area contributed by atoms with Crippen LogP contribution >= 0.6 is 0 Å². The number of para-hydroxylation sites is 3. The standard InChI is InChI=1S/C60H38N4.C2H6/c1-4-16-41(17-5-1)58-52-37-43(44-32-34-50-49-23-12-13-25-54(49)63(56(50)38-44)45-18-6-2-7-19-45)33-36-53(52)61-60(62-58)42-29-27-40(28-30-42)47-24-14-26-55-57(47)51-35-31-39-15-10-11-22-48(39)59(51)64(55)46-20-8-3-9-21-46;1-2/h1-38H;1-2H3. The first-order chi connectivity index (χ1) is 32.7. The molecule has 3 aromatic heterocycles. The molecule has 13 rings (SSSR count). The Morgan fingerprint density at radius 1 is 0.333 bits per heavy atom. The van der Waals surface area contributed by atoms with Gasteiger partial charge in [0.05, 0.1) is 33.3 Å². The van der Waals surface area contributed by atoms with Gasteiger partial charge in [-0.25, -0.2) is 9.97 Å². The van der Waals surface area contributed by atoms with Crippen LogP contribution in [-0.2, 0) is 0 Å². The lowest BCUT2D eigenvalue weighted by Crippen LogP contribution is -1.96. The van der Waals surface area contributed by atoms with Crippen molar-refractivity contribution >= 4 is 65.3 Å². The van der Waals surface area contributed by atoms with Gasteiger partial charge in [-0.3, -0.25) is 0 Å². The Bertz CT molecular complexity index is 3920. The summed E-state index contributed by atoms with van der Waals surface area (Å²) < 4.78 is 4.80. The van der Waals surface area contributed by atoms with E-state index in [1.807, 2.05) is 13.8 Å². The van der Waals surface area contributed by atoms with E-state index in [0.717, 1.165) is 55.8 Å². The van der Waals surface area contributed by atoms with Gasteiger partial charge in [-0.2, -0.15) is 0 Å². The zero-order valence-electron chi connectivity index (χ0n) is 36.7.